The second-order valence-electron chi connectivity index (χ2n) is 7.03. The normalized spacial score (nSPS) is 12.9. The summed E-state index contributed by atoms with van der Waals surface area (Å²) in [5, 5.41) is 2.94. The molecule has 0 radical (unpaired) electrons. The van der Waals surface area contributed by atoms with Gasteiger partial charge < -0.3 is 18.8 Å². The van der Waals surface area contributed by atoms with Crippen molar-refractivity contribution in [3.05, 3.63) is 62.1 Å². The first-order chi connectivity index (χ1) is 14.2. The average molecular weight is 413 g/mol. The van der Waals surface area contributed by atoms with E-state index in [4.69, 9.17) is 13.9 Å². The van der Waals surface area contributed by atoms with Crippen LogP contribution in [0, 0.1) is 0 Å². The highest BCUT2D eigenvalue weighted by Crippen LogP contribution is 2.29. The van der Waals surface area contributed by atoms with E-state index in [0.29, 0.717) is 31.0 Å². The zero-order chi connectivity index (χ0) is 20.2. The van der Waals surface area contributed by atoms with E-state index >= 15 is 0 Å². The summed E-state index contributed by atoms with van der Waals surface area (Å²) >= 11 is 1.61. The number of aryl methyl sites for hydroxylation is 1. The van der Waals surface area contributed by atoms with Gasteiger partial charge in [-0.3, -0.25) is 4.79 Å². The number of thiophene rings is 1. The molecule has 0 atom stereocenters. The van der Waals surface area contributed by atoms with Crippen LogP contribution in [0.25, 0.3) is 11.0 Å². The Hall–Kier alpha value is -2.64. The number of carbonyl (C=O) groups excluding carboxylic acids is 1. The number of fused-ring (bicyclic) bond motifs is 3. The second kappa shape index (κ2) is 8.80. The van der Waals surface area contributed by atoms with Crippen LogP contribution >= 0.6 is 11.3 Å². The predicted octanol–water partition coefficient (Wildman–Crippen LogP) is 3.40. The van der Waals surface area contributed by atoms with Crippen LogP contribution in [-0.4, -0.2) is 37.7 Å². The van der Waals surface area contributed by atoms with E-state index in [2.05, 4.69) is 0 Å². The van der Waals surface area contributed by atoms with Crippen molar-refractivity contribution in [1.29, 1.82) is 0 Å². The van der Waals surface area contributed by atoms with Crippen molar-refractivity contribution in [1.82, 2.24) is 4.90 Å². The van der Waals surface area contributed by atoms with E-state index < -0.39 is 0 Å². The van der Waals surface area contributed by atoms with E-state index in [-0.39, 0.29) is 18.1 Å². The Morgan fingerprint density at radius 3 is 2.90 bits per heavy atom. The summed E-state index contributed by atoms with van der Waals surface area (Å²) in [6.07, 6.45) is 2.66. The highest BCUT2D eigenvalue weighted by atomic mass is 32.1. The minimum Gasteiger partial charge on any atom is -0.484 e. The number of rotatable bonds is 8. The monoisotopic (exact) mass is 413 g/mol. The topological polar surface area (TPSA) is 69.0 Å². The van der Waals surface area contributed by atoms with Crippen LogP contribution in [0.5, 0.6) is 5.75 Å². The van der Waals surface area contributed by atoms with Gasteiger partial charge in [0.15, 0.2) is 6.61 Å². The molecule has 152 valence electrons. The van der Waals surface area contributed by atoms with Crippen LogP contribution in [0.4, 0.5) is 0 Å². The minimum atomic E-state index is -0.264. The van der Waals surface area contributed by atoms with Crippen LogP contribution < -0.4 is 10.4 Å². The fraction of sp³-hybridized carbons (Fsp3) is 0.364. The highest BCUT2D eigenvalue weighted by molar-refractivity contribution is 7.09. The molecule has 0 unspecified atom stereocenters. The van der Waals surface area contributed by atoms with Crippen molar-refractivity contribution in [3.63, 3.8) is 0 Å². The van der Waals surface area contributed by atoms with Gasteiger partial charge in [0.1, 0.15) is 11.3 Å². The molecule has 1 aliphatic carbocycles. The third-order valence-corrected chi connectivity index (χ3v) is 6.01. The molecule has 0 aliphatic heterocycles. The minimum absolute atomic E-state index is 0.0875. The van der Waals surface area contributed by atoms with Crippen LogP contribution in [-0.2, 0) is 28.9 Å². The van der Waals surface area contributed by atoms with Crippen molar-refractivity contribution in [2.45, 2.75) is 25.8 Å². The number of methoxy groups -OCH3 is 1. The Kier molecular flexibility index (Phi) is 5.97. The molecule has 0 bridgehead atoms. The van der Waals surface area contributed by atoms with Gasteiger partial charge in [0.05, 0.1) is 13.2 Å². The van der Waals surface area contributed by atoms with Crippen LogP contribution in [0.2, 0.25) is 0 Å². The van der Waals surface area contributed by atoms with Crippen LogP contribution in [0.3, 0.4) is 0 Å². The fourth-order valence-electron chi connectivity index (χ4n) is 3.67. The van der Waals surface area contributed by atoms with Gasteiger partial charge in [-0.25, -0.2) is 4.79 Å². The third-order valence-electron chi connectivity index (χ3n) is 5.15. The van der Waals surface area contributed by atoms with Crippen LogP contribution in [0.1, 0.15) is 22.4 Å². The van der Waals surface area contributed by atoms with E-state index in [1.54, 1.807) is 29.4 Å². The van der Waals surface area contributed by atoms with Crippen LogP contribution in [0.15, 0.2) is 44.9 Å². The molecule has 0 saturated carbocycles. The van der Waals surface area contributed by atoms with Crippen molar-refractivity contribution in [2.75, 3.05) is 26.9 Å². The van der Waals surface area contributed by atoms with Gasteiger partial charge in [0, 0.05) is 35.5 Å². The lowest BCUT2D eigenvalue weighted by atomic mass is 10.1. The Labute approximate surface area is 172 Å². The summed E-state index contributed by atoms with van der Waals surface area (Å²) < 4.78 is 16.3. The van der Waals surface area contributed by atoms with Gasteiger partial charge in [-0.1, -0.05) is 6.07 Å². The molecule has 3 aromatic rings. The number of benzene rings is 1. The molecule has 2 aromatic heterocycles. The maximum absolute atomic E-state index is 12.7. The summed E-state index contributed by atoms with van der Waals surface area (Å²) in [6.45, 7) is 1.40. The fourth-order valence-corrected chi connectivity index (χ4v) is 4.39. The van der Waals surface area contributed by atoms with Gasteiger partial charge in [-0.05, 0) is 48.4 Å². The quantitative estimate of drug-likeness (QED) is 0.530. The zero-order valence-electron chi connectivity index (χ0n) is 16.3. The standard InChI is InChI=1S/C22H23NO5S/c1-26-10-9-23(13-16-4-3-11-29-16)21(24)14-27-15-7-8-18-17-5-2-6-19(17)22(25)28-20(18)12-15/h3-4,7-8,11-12H,2,5-6,9-10,13-14H2,1H3. The van der Waals surface area contributed by atoms with Crippen molar-refractivity contribution in [2.24, 2.45) is 0 Å². The maximum Gasteiger partial charge on any atom is 0.339 e. The van der Waals surface area contributed by atoms with Crippen molar-refractivity contribution in [3.8, 4) is 5.75 Å². The molecule has 1 amide bonds. The molecule has 1 aliphatic rings. The van der Waals surface area contributed by atoms with Gasteiger partial charge in [-0.2, -0.15) is 0 Å². The molecule has 29 heavy (non-hydrogen) atoms. The van der Waals surface area contributed by atoms with Gasteiger partial charge in [0.25, 0.3) is 5.91 Å². The van der Waals surface area contributed by atoms with Crippen molar-refractivity contribution < 1.29 is 18.7 Å². The zero-order valence-corrected chi connectivity index (χ0v) is 17.1. The largest absolute Gasteiger partial charge is 0.484 e. The number of amides is 1. The lowest BCUT2D eigenvalue weighted by Gasteiger charge is -2.22. The molecule has 0 spiro atoms. The number of nitrogens with zero attached hydrogens (tertiary/aromatic N) is 1. The van der Waals surface area contributed by atoms with Gasteiger partial charge >= 0.3 is 5.63 Å². The Morgan fingerprint density at radius 2 is 2.10 bits per heavy atom. The number of ether oxygens (including phenoxy) is 2. The first-order valence-corrected chi connectivity index (χ1v) is 10.5. The Balaban J connectivity index is 1.46. The average Bonchev–Trinajstić information content (AvgIpc) is 3.41. The number of carbonyl (C=O) groups is 1. The maximum atomic E-state index is 12.7. The Bertz CT molecular complexity index is 1060. The molecule has 0 N–H and O–H groups in total. The van der Waals surface area contributed by atoms with E-state index in [1.165, 1.54) is 0 Å². The Morgan fingerprint density at radius 1 is 1.24 bits per heavy atom. The van der Waals surface area contributed by atoms with Gasteiger partial charge in [0.2, 0.25) is 0 Å². The third kappa shape index (κ3) is 4.36. The molecular weight excluding hydrogens is 390 g/mol. The summed E-state index contributed by atoms with van der Waals surface area (Å²) in [5.74, 6) is 0.390. The van der Waals surface area contributed by atoms with Gasteiger partial charge in [-0.15, -0.1) is 11.3 Å². The van der Waals surface area contributed by atoms with Crippen molar-refractivity contribution >= 4 is 28.2 Å². The molecular formula is C22H23NO5S. The first-order valence-electron chi connectivity index (χ1n) is 9.66. The highest BCUT2D eigenvalue weighted by Gasteiger charge is 2.20. The summed E-state index contributed by atoms with van der Waals surface area (Å²) in [7, 11) is 1.61. The molecule has 2 heterocycles. The summed E-state index contributed by atoms with van der Waals surface area (Å²) in [5.41, 5.74) is 2.12. The molecule has 7 heteroatoms. The van der Waals surface area contributed by atoms with E-state index in [1.807, 2.05) is 29.6 Å². The smallest absolute Gasteiger partial charge is 0.339 e. The van der Waals surface area contributed by atoms with E-state index in [0.717, 1.165) is 40.7 Å². The predicted molar refractivity (Wildman–Crippen MR) is 112 cm³/mol. The SMILES string of the molecule is COCCN(Cc1cccs1)C(=O)COc1ccc2c3c(c(=O)oc2c1)CCC3. The molecule has 1 aromatic carbocycles. The summed E-state index contributed by atoms with van der Waals surface area (Å²) in [4.78, 5) is 27.7. The second-order valence-corrected chi connectivity index (χ2v) is 8.07. The number of hydrogen-bond donors (Lipinski definition) is 0. The van der Waals surface area contributed by atoms with E-state index in [9.17, 15) is 9.59 Å². The summed E-state index contributed by atoms with van der Waals surface area (Å²) in [6, 6.07) is 9.41. The lowest BCUT2D eigenvalue weighted by molar-refractivity contribution is -0.134. The lowest BCUT2D eigenvalue weighted by Crippen LogP contribution is -2.36. The molecule has 0 fully saturated rings. The number of hydrogen-bond acceptors (Lipinski definition) is 6. The molecule has 6 nitrogen and oxygen atoms in total. The first kappa shape index (κ1) is 19.7. The molecule has 4 rings (SSSR count). The molecule has 0 saturated heterocycles.